The van der Waals surface area contributed by atoms with E-state index in [0.717, 1.165) is 16.5 Å². The van der Waals surface area contributed by atoms with Crippen molar-refractivity contribution in [2.24, 2.45) is 0 Å². The van der Waals surface area contributed by atoms with Crippen molar-refractivity contribution in [3.05, 3.63) is 36.0 Å². The Morgan fingerprint density at radius 3 is 2.89 bits per heavy atom. The van der Waals surface area contributed by atoms with E-state index in [0.29, 0.717) is 16.6 Å². The lowest BCUT2D eigenvalue weighted by Crippen LogP contribution is -2.27. The molecule has 1 aromatic carbocycles. The third kappa shape index (κ3) is 2.15. The summed E-state index contributed by atoms with van der Waals surface area (Å²) in [6.07, 6.45) is 1.95. The first-order valence-electron chi connectivity index (χ1n) is 5.28. The molecule has 18 heavy (non-hydrogen) atoms. The van der Waals surface area contributed by atoms with Gasteiger partial charge in [-0.15, -0.1) is 0 Å². The minimum atomic E-state index is 0. The number of thioether (sulfide) groups is 1. The SMILES string of the molecule is C.O=C1CSC(=S)N1Cc1c[nH]c2ccccc12. The summed E-state index contributed by atoms with van der Waals surface area (Å²) in [5.74, 6) is 0.576. The standard InChI is InChI=1S/C12H10N2OS2.CH4/c15-11-7-17-12(16)14(11)6-8-5-13-10-4-2-1-3-9(8)10;/h1-5,13H,6-7H2;1H4. The van der Waals surface area contributed by atoms with Gasteiger partial charge in [-0.2, -0.15) is 0 Å². The number of nitrogens with zero attached hydrogens (tertiary/aromatic N) is 1. The average molecular weight is 278 g/mol. The number of carbonyl (C=O) groups excluding carboxylic acids is 1. The molecule has 2 heterocycles. The number of nitrogens with one attached hydrogen (secondary N) is 1. The summed E-state index contributed by atoms with van der Waals surface area (Å²) in [7, 11) is 0. The highest BCUT2D eigenvalue weighted by Crippen LogP contribution is 2.25. The molecule has 94 valence electrons. The number of fused-ring (bicyclic) bond motifs is 1. The summed E-state index contributed by atoms with van der Waals surface area (Å²) < 4.78 is 0.681. The molecule has 0 atom stereocenters. The Kier molecular flexibility index (Phi) is 3.73. The zero-order valence-electron chi connectivity index (χ0n) is 8.97. The molecule has 0 saturated carbocycles. The zero-order valence-corrected chi connectivity index (χ0v) is 10.6. The van der Waals surface area contributed by atoms with Gasteiger partial charge < -0.3 is 4.98 Å². The summed E-state index contributed by atoms with van der Waals surface area (Å²) >= 11 is 6.61. The zero-order chi connectivity index (χ0) is 11.8. The van der Waals surface area contributed by atoms with Gasteiger partial charge >= 0.3 is 0 Å². The van der Waals surface area contributed by atoms with Gasteiger partial charge in [0.25, 0.3) is 0 Å². The minimum Gasteiger partial charge on any atom is -0.361 e. The molecular formula is C13H14N2OS2. The Balaban J connectivity index is 0.00000120. The van der Waals surface area contributed by atoms with E-state index in [1.807, 2.05) is 24.4 Å². The Morgan fingerprint density at radius 1 is 1.39 bits per heavy atom. The molecule has 0 unspecified atom stereocenters. The Bertz CT molecular complexity index is 590. The van der Waals surface area contributed by atoms with Gasteiger partial charge in [-0.1, -0.05) is 49.6 Å². The lowest BCUT2D eigenvalue weighted by atomic mass is 10.1. The van der Waals surface area contributed by atoms with Crippen molar-refractivity contribution in [2.75, 3.05) is 5.75 Å². The van der Waals surface area contributed by atoms with Gasteiger partial charge in [0.15, 0.2) is 0 Å². The molecule has 1 saturated heterocycles. The first kappa shape index (κ1) is 13.1. The topological polar surface area (TPSA) is 36.1 Å². The number of benzene rings is 1. The molecule has 1 aliphatic rings. The molecular weight excluding hydrogens is 264 g/mol. The molecule has 1 aliphatic heterocycles. The van der Waals surface area contributed by atoms with Gasteiger partial charge in [-0.05, 0) is 11.6 Å². The fraction of sp³-hybridized carbons (Fsp3) is 0.231. The molecule has 3 nitrogen and oxygen atoms in total. The van der Waals surface area contributed by atoms with Crippen LogP contribution in [0.25, 0.3) is 10.9 Å². The van der Waals surface area contributed by atoms with Crippen molar-refractivity contribution in [3.8, 4) is 0 Å². The number of aromatic nitrogens is 1. The molecule has 2 aromatic rings. The predicted octanol–water partition coefficient (Wildman–Crippen LogP) is 3.16. The van der Waals surface area contributed by atoms with Gasteiger partial charge in [0.2, 0.25) is 5.91 Å². The summed E-state index contributed by atoms with van der Waals surface area (Å²) in [5.41, 5.74) is 2.20. The normalized spacial score (nSPS) is 15.2. The van der Waals surface area contributed by atoms with E-state index < -0.39 is 0 Å². The van der Waals surface area contributed by atoms with E-state index >= 15 is 0 Å². The quantitative estimate of drug-likeness (QED) is 0.857. The summed E-state index contributed by atoms with van der Waals surface area (Å²) in [4.78, 5) is 16.5. The molecule has 0 bridgehead atoms. The maximum Gasteiger partial charge on any atom is 0.238 e. The smallest absolute Gasteiger partial charge is 0.238 e. The van der Waals surface area contributed by atoms with Crippen LogP contribution in [0.1, 0.15) is 13.0 Å². The molecule has 3 rings (SSSR count). The lowest BCUT2D eigenvalue weighted by Gasteiger charge is -2.13. The third-order valence-electron chi connectivity index (χ3n) is 2.84. The monoisotopic (exact) mass is 278 g/mol. The molecule has 1 fully saturated rings. The number of aromatic amines is 1. The van der Waals surface area contributed by atoms with Crippen molar-refractivity contribution in [3.63, 3.8) is 0 Å². The number of para-hydroxylation sites is 1. The molecule has 0 radical (unpaired) electrons. The number of hydrogen-bond donors (Lipinski definition) is 1. The summed E-state index contributed by atoms with van der Waals surface area (Å²) in [6.45, 7) is 0.564. The molecule has 0 aliphatic carbocycles. The lowest BCUT2D eigenvalue weighted by molar-refractivity contribution is -0.124. The largest absolute Gasteiger partial charge is 0.361 e. The van der Waals surface area contributed by atoms with Crippen LogP contribution in [0, 0.1) is 0 Å². The van der Waals surface area contributed by atoms with Gasteiger partial charge in [0.1, 0.15) is 4.32 Å². The van der Waals surface area contributed by atoms with Crippen LogP contribution in [0.5, 0.6) is 0 Å². The van der Waals surface area contributed by atoms with Crippen molar-refractivity contribution in [1.29, 1.82) is 0 Å². The third-order valence-corrected chi connectivity index (χ3v) is 4.28. The second-order valence-corrected chi connectivity index (χ2v) is 5.50. The van der Waals surface area contributed by atoms with Crippen molar-refractivity contribution < 1.29 is 4.79 Å². The first-order valence-corrected chi connectivity index (χ1v) is 6.67. The maximum absolute atomic E-state index is 11.7. The minimum absolute atomic E-state index is 0. The van der Waals surface area contributed by atoms with Crippen LogP contribution in [0.15, 0.2) is 30.5 Å². The number of amides is 1. The van der Waals surface area contributed by atoms with Crippen molar-refractivity contribution in [2.45, 2.75) is 14.0 Å². The van der Waals surface area contributed by atoms with Crippen LogP contribution in [-0.2, 0) is 11.3 Å². The van der Waals surface area contributed by atoms with Gasteiger partial charge in [0, 0.05) is 17.1 Å². The highest BCUT2D eigenvalue weighted by Gasteiger charge is 2.27. The van der Waals surface area contributed by atoms with Crippen LogP contribution in [-0.4, -0.2) is 25.9 Å². The van der Waals surface area contributed by atoms with Crippen LogP contribution < -0.4 is 0 Å². The number of rotatable bonds is 2. The second kappa shape index (κ2) is 5.12. The average Bonchev–Trinajstić information content (AvgIpc) is 2.88. The molecule has 1 N–H and O–H groups in total. The van der Waals surface area contributed by atoms with E-state index in [1.54, 1.807) is 4.90 Å². The van der Waals surface area contributed by atoms with Crippen LogP contribution in [0.3, 0.4) is 0 Å². The highest BCUT2D eigenvalue weighted by atomic mass is 32.2. The van der Waals surface area contributed by atoms with Gasteiger partial charge in [0.05, 0.1) is 12.3 Å². The first-order chi connectivity index (χ1) is 8.25. The summed E-state index contributed by atoms with van der Waals surface area (Å²) in [6, 6.07) is 8.07. The van der Waals surface area contributed by atoms with E-state index in [-0.39, 0.29) is 13.3 Å². The molecule has 1 aromatic heterocycles. The predicted molar refractivity (Wildman–Crippen MR) is 80.6 cm³/mol. The number of hydrogen-bond acceptors (Lipinski definition) is 3. The van der Waals surface area contributed by atoms with Crippen LogP contribution in [0.2, 0.25) is 0 Å². The Hall–Kier alpha value is -1.33. The fourth-order valence-electron chi connectivity index (χ4n) is 1.97. The van der Waals surface area contributed by atoms with E-state index in [1.165, 1.54) is 11.8 Å². The molecule has 5 heteroatoms. The molecule has 1 amide bonds. The van der Waals surface area contributed by atoms with Gasteiger partial charge in [-0.3, -0.25) is 9.69 Å². The Labute approximate surface area is 116 Å². The van der Waals surface area contributed by atoms with Crippen molar-refractivity contribution in [1.82, 2.24) is 9.88 Å². The van der Waals surface area contributed by atoms with E-state index in [4.69, 9.17) is 12.2 Å². The van der Waals surface area contributed by atoms with Crippen LogP contribution in [0.4, 0.5) is 0 Å². The van der Waals surface area contributed by atoms with Gasteiger partial charge in [-0.25, -0.2) is 0 Å². The van der Waals surface area contributed by atoms with Crippen molar-refractivity contribution >= 4 is 45.1 Å². The number of carbonyl (C=O) groups is 1. The molecule has 0 spiro atoms. The summed E-state index contributed by atoms with van der Waals surface area (Å²) in [5, 5.41) is 1.15. The second-order valence-electron chi connectivity index (χ2n) is 3.89. The number of H-pyrrole nitrogens is 1. The van der Waals surface area contributed by atoms with E-state index in [2.05, 4.69) is 11.1 Å². The Morgan fingerprint density at radius 2 is 2.17 bits per heavy atom. The number of thiocarbonyl (C=S) groups is 1. The van der Waals surface area contributed by atoms with E-state index in [9.17, 15) is 4.79 Å². The van der Waals surface area contributed by atoms with Crippen LogP contribution >= 0.6 is 24.0 Å². The fourth-order valence-corrected chi connectivity index (χ4v) is 3.03. The highest BCUT2D eigenvalue weighted by molar-refractivity contribution is 8.23. The maximum atomic E-state index is 11.7.